The molecule has 1 aliphatic rings. The highest BCUT2D eigenvalue weighted by Crippen LogP contribution is 2.20. The van der Waals surface area contributed by atoms with E-state index in [2.05, 4.69) is 0 Å². The van der Waals surface area contributed by atoms with Gasteiger partial charge in [-0.3, -0.25) is 0 Å². The van der Waals surface area contributed by atoms with Gasteiger partial charge in [-0.25, -0.2) is 0 Å². The Balaban J connectivity index is 1.82. The number of ether oxygens (including phenoxy) is 2. The molecule has 1 aromatic rings. The predicted octanol–water partition coefficient (Wildman–Crippen LogP) is 1.17. The molecule has 0 bridgehead atoms. The smallest absolute Gasteiger partial charge is 0.123 e. The van der Waals surface area contributed by atoms with Gasteiger partial charge in [0.15, 0.2) is 0 Å². The third-order valence-electron chi connectivity index (χ3n) is 2.75. The van der Waals surface area contributed by atoms with Gasteiger partial charge in [0.05, 0.1) is 12.7 Å². The van der Waals surface area contributed by atoms with Crippen molar-refractivity contribution in [1.29, 1.82) is 0 Å². The second-order valence-corrected chi connectivity index (χ2v) is 4.00. The predicted molar refractivity (Wildman–Crippen MR) is 58.5 cm³/mol. The molecule has 16 heavy (non-hydrogen) atoms. The number of hydrogen-bond donors (Lipinski definition) is 2. The largest absolute Gasteiger partial charge is 0.508 e. The van der Waals surface area contributed by atoms with Crippen molar-refractivity contribution in [1.82, 2.24) is 0 Å². The first-order valence-corrected chi connectivity index (χ1v) is 5.43. The number of phenolic OH excluding ortho intramolecular Hbond substituents is 1. The van der Waals surface area contributed by atoms with Crippen LogP contribution in [0.4, 0.5) is 0 Å². The number of hydrogen-bond acceptors (Lipinski definition) is 4. The van der Waals surface area contributed by atoms with Gasteiger partial charge in [0.1, 0.15) is 18.1 Å². The highest BCUT2D eigenvalue weighted by Gasteiger charge is 2.24. The minimum absolute atomic E-state index is 0.163. The molecule has 1 fully saturated rings. The van der Waals surface area contributed by atoms with Crippen LogP contribution in [0.3, 0.4) is 0 Å². The minimum atomic E-state index is -0.509. The fraction of sp³-hybridized carbons (Fsp3) is 0.500. The van der Waals surface area contributed by atoms with Crippen LogP contribution in [0.1, 0.15) is 6.42 Å². The highest BCUT2D eigenvalue weighted by molar-refractivity contribution is 5.31. The Hall–Kier alpha value is -1.26. The summed E-state index contributed by atoms with van der Waals surface area (Å²) in [5, 5.41) is 19.0. The molecule has 0 aliphatic carbocycles. The van der Waals surface area contributed by atoms with Crippen molar-refractivity contribution in [3.63, 3.8) is 0 Å². The molecule has 0 spiro atoms. The first-order valence-electron chi connectivity index (χ1n) is 5.43. The zero-order valence-electron chi connectivity index (χ0n) is 9.00. The van der Waals surface area contributed by atoms with Crippen molar-refractivity contribution in [3.05, 3.63) is 24.3 Å². The number of benzene rings is 1. The van der Waals surface area contributed by atoms with E-state index in [-0.39, 0.29) is 18.3 Å². The molecule has 0 aromatic heterocycles. The summed E-state index contributed by atoms with van der Waals surface area (Å²) in [7, 11) is 0. The normalized spacial score (nSPS) is 21.9. The maximum Gasteiger partial charge on any atom is 0.123 e. The number of aromatic hydroxyl groups is 1. The fourth-order valence-corrected chi connectivity index (χ4v) is 1.75. The van der Waals surface area contributed by atoms with Crippen LogP contribution >= 0.6 is 0 Å². The van der Waals surface area contributed by atoms with Gasteiger partial charge in [0.25, 0.3) is 0 Å². The zero-order chi connectivity index (χ0) is 11.4. The van der Waals surface area contributed by atoms with Gasteiger partial charge in [-0.15, -0.1) is 0 Å². The Morgan fingerprint density at radius 1 is 1.50 bits per heavy atom. The molecule has 1 saturated heterocycles. The van der Waals surface area contributed by atoms with E-state index < -0.39 is 6.10 Å². The molecule has 0 radical (unpaired) electrons. The van der Waals surface area contributed by atoms with E-state index in [0.717, 1.165) is 6.42 Å². The monoisotopic (exact) mass is 224 g/mol. The molecule has 2 rings (SSSR count). The fourth-order valence-electron chi connectivity index (χ4n) is 1.75. The Bertz CT molecular complexity index is 334. The van der Waals surface area contributed by atoms with Crippen molar-refractivity contribution in [2.75, 3.05) is 19.8 Å². The van der Waals surface area contributed by atoms with Crippen LogP contribution in [-0.4, -0.2) is 36.1 Å². The summed E-state index contributed by atoms with van der Waals surface area (Å²) < 4.78 is 10.6. The maximum atomic E-state index is 9.81. The van der Waals surface area contributed by atoms with E-state index in [1.807, 2.05) is 0 Å². The quantitative estimate of drug-likeness (QED) is 0.806. The van der Waals surface area contributed by atoms with Crippen molar-refractivity contribution < 1.29 is 19.7 Å². The molecule has 0 amide bonds. The van der Waals surface area contributed by atoms with Gasteiger partial charge in [0, 0.05) is 18.6 Å². The lowest BCUT2D eigenvalue weighted by molar-refractivity contribution is 0.0499. The third kappa shape index (κ3) is 2.87. The minimum Gasteiger partial charge on any atom is -0.508 e. The molecule has 1 aromatic carbocycles. The summed E-state index contributed by atoms with van der Waals surface area (Å²) in [4.78, 5) is 0. The molecule has 4 heteroatoms. The third-order valence-corrected chi connectivity index (χ3v) is 2.75. The summed E-state index contributed by atoms with van der Waals surface area (Å²) in [6.07, 6.45) is 0.370. The lowest BCUT2D eigenvalue weighted by Crippen LogP contribution is -2.27. The maximum absolute atomic E-state index is 9.81. The molecule has 2 unspecified atom stereocenters. The number of aliphatic hydroxyl groups excluding tert-OH is 1. The Kier molecular flexibility index (Phi) is 3.64. The van der Waals surface area contributed by atoms with E-state index in [1.165, 1.54) is 6.07 Å². The summed E-state index contributed by atoms with van der Waals surface area (Å²) in [6, 6.07) is 6.55. The molecule has 1 aliphatic heterocycles. The molecule has 1 heterocycles. The van der Waals surface area contributed by atoms with E-state index in [0.29, 0.717) is 19.0 Å². The summed E-state index contributed by atoms with van der Waals surface area (Å²) in [5.74, 6) is 0.895. The van der Waals surface area contributed by atoms with Gasteiger partial charge in [-0.05, 0) is 18.6 Å². The Morgan fingerprint density at radius 3 is 3.06 bits per heavy atom. The Morgan fingerprint density at radius 2 is 2.38 bits per heavy atom. The summed E-state index contributed by atoms with van der Waals surface area (Å²) >= 11 is 0. The van der Waals surface area contributed by atoms with Crippen LogP contribution < -0.4 is 4.74 Å². The molecule has 0 saturated carbocycles. The van der Waals surface area contributed by atoms with Gasteiger partial charge in [-0.2, -0.15) is 0 Å². The average molecular weight is 224 g/mol. The van der Waals surface area contributed by atoms with Gasteiger partial charge in [0.2, 0.25) is 0 Å². The summed E-state index contributed by atoms with van der Waals surface area (Å²) in [6.45, 7) is 1.55. The zero-order valence-corrected chi connectivity index (χ0v) is 9.00. The number of rotatable bonds is 4. The second kappa shape index (κ2) is 5.18. The van der Waals surface area contributed by atoms with Gasteiger partial charge in [-0.1, -0.05) is 6.07 Å². The first kappa shape index (κ1) is 11.2. The highest BCUT2D eigenvalue weighted by atomic mass is 16.5. The molecule has 88 valence electrons. The second-order valence-electron chi connectivity index (χ2n) is 4.00. The molecule has 2 N–H and O–H groups in total. The van der Waals surface area contributed by atoms with Crippen molar-refractivity contribution in [3.8, 4) is 11.5 Å². The topological polar surface area (TPSA) is 58.9 Å². The molecular formula is C12H16O4. The van der Waals surface area contributed by atoms with E-state index in [4.69, 9.17) is 9.47 Å². The van der Waals surface area contributed by atoms with E-state index in [1.54, 1.807) is 18.2 Å². The van der Waals surface area contributed by atoms with E-state index >= 15 is 0 Å². The first-order chi connectivity index (χ1) is 7.75. The average Bonchev–Trinajstić information content (AvgIpc) is 2.79. The molecule has 2 atom stereocenters. The van der Waals surface area contributed by atoms with Gasteiger partial charge < -0.3 is 19.7 Å². The van der Waals surface area contributed by atoms with Crippen LogP contribution in [-0.2, 0) is 4.74 Å². The Labute approximate surface area is 94.4 Å². The van der Waals surface area contributed by atoms with Crippen molar-refractivity contribution in [2.24, 2.45) is 5.92 Å². The number of aliphatic hydroxyl groups is 1. The van der Waals surface area contributed by atoms with Crippen LogP contribution in [0.15, 0.2) is 24.3 Å². The van der Waals surface area contributed by atoms with Gasteiger partial charge >= 0.3 is 0 Å². The van der Waals surface area contributed by atoms with Crippen LogP contribution in [0.5, 0.6) is 11.5 Å². The SMILES string of the molecule is Oc1cccc(OCC(O)C2CCOC2)c1. The lowest BCUT2D eigenvalue weighted by atomic mass is 10.0. The molecular weight excluding hydrogens is 208 g/mol. The standard InChI is InChI=1S/C12H16O4/c13-10-2-1-3-11(6-10)16-8-12(14)9-4-5-15-7-9/h1-3,6,9,12-14H,4-5,7-8H2. The van der Waals surface area contributed by atoms with Crippen LogP contribution in [0.25, 0.3) is 0 Å². The molecule has 4 nitrogen and oxygen atoms in total. The number of phenols is 1. The van der Waals surface area contributed by atoms with Crippen molar-refractivity contribution >= 4 is 0 Å². The van der Waals surface area contributed by atoms with E-state index in [9.17, 15) is 10.2 Å². The summed E-state index contributed by atoms with van der Waals surface area (Å²) in [5.41, 5.74) is 0. The van der Waals surface area contributed by atoms with Crippen molar-refractivity contribution in [2.45, 2.75) is 12.5 Å². The van der Waals surface area contributed by atoms with Crippen LogP contribution in [0, 0.1) is 5.92 Å². The van der Waals surface area contributed by atoms with Crippen LogP contribution in [0.2, 0.25) is 0 Å². The lowest BCUT2D eigenvalue weighted by Gasteiger charge is -2.17.